The molecule has 11 heteroatoms. The fourth-order valence-electron chi connectivity index (χ4n) is 3.24. The molecule has 3 heterocycles. The van der Waals surface area contributed by atoms with Crippen molar-refractivity contribution in [3.05, 3.63) is 59.2 Å². The molecular formula is C24H18N6O3S2. The molecule has 0 spiro atoms. The van der Waals surface area contributed by atoms with Crippen molar-refractivity contribution in [2.45, 2.75) is 11.4 Å². The van der Waals surface area contributed by atoms with Crippen LogP contribution in [0, 0.1) is 22.7 Å². The Labute approximate surface area is 209 Å². The standard InChI is InChI=1S/C24H18N6O3S2/c1-32-15-5-2-4-14(10-15)18-13-35-24(28-18)29-20(31)7-9-34-23-17(12-26)21(19-6-3-8-33-19)16(11-25)22(27)30-23/h2-6,8,10,13H,7,9H2,1H3,(H2,27,30)(H,28,29,31). The maximum atomic E-state index is 12.5. The number of ether oxygens (including phenoxy) is 1. The Morgan fingerprint density at radius 1 is 1.23 bits per heavy atom. The Morgan fingerprint density at radius 2 is 2.06 bits per heavy atom. The highest BCUT2D eigenvalue weighted by Gasteiger charge is 2.22. The molecule has 0 radical (unpaired) electrons. The minimum Gasteiger partial charge on any atom is -0.497 e. The Balaban J connectivity index is 1.43. The summed E-state index contributed by atoms with van der Waals surface area (Å²) in [5, 5.41) is 24.7. The predicted molar refractivity (Wildman–Crippen MR) is 134 cm³/mol. The molecule has 3 N–H and O–H groups in total. The van der Waals surface area contributed by atoms with Gasteiger partial charge in [-0.05, 0) is 24.3 Å². The molecule has 35 heavy (non-hydrogen) atoms. The lowest BCUT2D eigenvalue weighted by Crippen LogP contribution is -2.12. The van der Waals surface area contributed by atoms with Gasteiger partial charge in [0.05, 0.1) is 30.2 Å². The number of carbonyl (C=O) groups excluding carboxylic acids is 1. The van der Waals surface area contributed by atoms with Crippen LogP contribution in [0.5, 0.6) is 5.75 Å². The number of thiazole rings is 1. The highest BCUT2D eigenvalue weighted by Crippen LogP contribution is 2.36. The third-order valence-electron chi connectivity index (χ3n) is 4.87. The summed E-state index contributed by atoms with van der Waals surface area (Å²) in [7, 11) is 1.60. The van der Waals surface area contributed by atoms with Gasteiger partial charge in [-0.25, -0.2) is 9.97 Å². The van der Waals surface area contributed by atoms with E-state index in [9.17, 15) is 15.3 Å². The van der Waals surface area contributed by atoms with Crippen molar-refractivity contribution in [2.24, 2.45) is 0 Å². The lowest BCUT2D eigenvalue weighted by molar-refractivity contribution is -0.115. The SMILES string of the molecule is COc1cccc(-c2csc(NC(=O)CCSc3nc(N)c(C#N)c(-c4ccco4)c3C#N)n2)c1. The third kappa shape index (κ3) is 5.27. The molecule has 0 atom stereocenters. The first-order valence-electron chi connectivity index (χ1n) is 10.2. The van der Waals surface area contributed by atoms with Crippen LogP contribution in [0.3, 0.4) is 0 Å². The van der Waals surface area contributed by atoms with Crippen LogP contribution in [0.2, 0.25) is 0 Å². The molecular weight excluding hydrogens is 484 g/mol. The third-order valence-corrected chi connectivity index (χ3v) is 6.60. The first kappa shape index (κ1) is 23.8. The molecule has 4 rings (SSSR count). The highest BCUT2D eigenvalue weighted by atomic mass is 32.2. The summed E-state index contributed by atoms with van der Waals surface area (Å²) in [6.07, 6.45) is 1.60. The van der Waals surface area contributed by atoms with Crippen molar-refractivity contribution in [3.63, 3.8) is 0 Å². The second-order valence-electron chi connectivity index (χ2n) is 7.04. The maximum absolute atomic E-state index is 12.5. The number of nitriles is 2. The Bertz CT molecular complexity index is 1450. The number of pyridine rings is 1. The van der Waals surface area contributed by atoms with Crippen molar-refractivity contribution >= 4 is 40.0 Å². The monoisotopic (exact) mass is 502 g/mol. The van der Waals surface area contributed by atoms with Gasteiger partial charge in [0, 0.05) is 23.1 Å². The van der Waals surface area contributed by atoms with Gasteiger partial charge in [-0.15, -0.1) is 23.1 Å². The van der Waals surface area contributed by atoms with E-state index in [1.807, 2.05) is 35.7 Å². The van der Waals surface area contributed by atoms with Crippen molar-refractivity contribution < 1.29 is 13.9 Å². The van der Waals surface area contributed by atoms with E-state index in [2.05, 4.69) is 21.4 Å². The highest BCUT2D eigenvalue weighted by molar-refractivity contribution is 7.99. The van der Waals surface area contributed by atoms with E-state index in [0.29, 0.717) is 27.2 Å². The fraction of sp³-hybridized carbons (Fsp3) is 0.125. The van der Waals surface area contributed by atoms with Gasteiger partial charge in [0.1, 0.15) is 40.1 Å². The molecule has 1 amide bonds. The molecule has 9 nitrogen and oxygen atoms in total. The molecule has 0 saturated carbocycles. The van der Waals surface area contributed by atoms with Crippen LogP contribution in [0.1, 0.15) is 17.5 Å². The summed E-state index contributed by atoms with van der Waals surface area (Å²) in [6.45, 7) is 0. The largest absolute Gasteiger partial charge is 0.497 e. The van der Waals surface area contributed by atoms with E-state index in [4.69, 9.17) is 14.9 Å². The number of anilines is 2. The van der Waals surface area contributed by atoms with Crippen LogP contribution >= 0.6 is 23.1 Å². The average Bonchev–Trinajstić information content (AvgIpc) is 3.56. The normalized spacial score (nSPS) is 10.4. The lowest BCUT2D eigenvalue weighted by Gasteiger charge is -2.11. The van der Waals surface area contributed by atoms with Crippen LogP contribution < -0.4 is 15.8 Å². The van der Waals surface area contributed by atoms with Gasteiger partial charge < -0.3 is 20.2 Å². The summed E-state index contributed by atoms with van der Waals surface area (Å²) in [5.41, 5.74) is 8.15. The zero-order chi connectivity index (χ0) is 24.8. The second-order valence-corrected chi connectivity index (χ2v) is 8.99. The van der Waals surface area contributed by atoms with Crippen molar-refractivity contribution in [2.75, 3.05) is 23.9 Å². The molecule has 0 fully saturated rings. The van der Waals surface area contributed by atoms with E-state index in [1.165, 1.54) is 29.4 Å². The quantitative estimate of drug-likeness (QED) is 0.320. The van der Waals surface area contributed by atoms with Gasteiger partial charge in [0.2, 0.25) is 5.91 Å². The van der Waals surface area contributed by atoms with Crippen molar-refractivity contribution in [1.82, 2.24) is 9.97 Å². The number of nitrogen functional groups attached to an aromatic ring is 1. The summed E-state index contributed by atoms with van der Waals surface area (Å²) in [4.78, 5) is 21.2. The summed E-state index contributed by atoms with van der Waals surface area (Å²) in [6, 6.07) is 14.9. The van der Waals surface area contributed by atoms with Gasteiger partial charge in [-0.3, -0.25) is 4.79 Å². The Kier molecular flexibility index (Phi) is 7.31. The molecule has 1 aromatic carbocycles. The smallest absolute Gasteiger partial charge is 0.226 e. The summed E-state index contributed by atoms with van der Waals surface area (Å²) < 4.78 is 10.6. The first-order chi connectivity index (χ1) is 17.0. The lowest BCUT2D eigenvalue weighted by atomic mass is 10.0. The predicted octanol–water partition coefficient (Wildman–Crippen LogP) is 4.92. The number of methoxy groups -OCH3 is 1. The van der Waals surface area contributed by atoms with Gasteiger partial charge in [-0.2, -0.15) is 10.5 Å². The number of nitrogens with one attached hydrogen (secondary N) is 1. The minimum absolute atomic E-state index is 0.00212. The van der Waals surface area contributed by atoms with Crippen molar-refractivity contribution in [1.29, 1.82) is 10.5 Å². The summed E-state index contributed by atoms with van der Waals surface area (Å²) in [5.74, 6) is 1.18. The van der Waals surface area contributed by atoms with Gasteiger partial charge in [0.15, 0.2) is 5.13 Å². The molecule has 0 aliphatic heterocycles. The molecule has 0 aliphatic carbocycles. The number of rotatable bonds is 8. The van der Waals surface area contributed by atoms with Crippen molar-refractivity contribution in [3.8, 4) is 40.5 Å². The number of amides is 1. The Hall–Kier alpha value is -4.32. The molecule has 174 valence electrons. The molecule has 0 bridgehead atoms. The molecule has 4 aromatic rings. The maximum Gasteiger partial charge on any atom is 0.226 e. The van der Waals surface area contributed by atoms with Crippen LogP contribution in [0.4, 0.5) is 10.9 Å². The van der Waals surface area contributed by atoms with Gasteiger partial charge >= 0.3 is 0 Å². The molecule has 0 saturated heterocycles. The number of furan rings is 1. The number of aromatic nitrogens is 2. The fourth-order valence-corrected chi connectivity index (χ4v) is 4.91. The zero-order valence-electron chi connectivity index (χ0n) is 18.4. The van der Waals surface area contributed by atoms with Gasteiger partial charge in [-0.1, -0.05) is 12.1 Å². The number of nitrogens with two attached hydrogens (primary N) is 1. The number of carbonyl (C=O) groups is 1. The first-order valence-corrected chi connectivity index (χ1v) is 12.1. The van der Waals surface area contributed by atoms with E-state index >= 15 is 0 Å². The van der Waals surface area contributed by atoms with E-state index in [0.717, 1.165) is 17.0 Å². The van der Waals surface area contributed by atoms with E-state index in [1.54, 1.807) is 19.2 Å². The number of hydrogen-bond acceptors (Lipinski definition) is 10. The molecule has 0 unspecified atom stereocenters. The number of nitrogens with zero attached hydrogens (tertiary/aromatic N) is 4. The van der Waals surface area contributed by atoms with Crippen LogP contribution in [-0.4, -0.2) is 28.7 Å². The topological polar surface area (TPSA) is 151 Å². The average molecular weight is 503 g/mol. The number of hydrogen-bond donors (Lipinski definition) is 2. The van der Waals surface area contributed by atoms with E-state index < -0.39 is 0 Å². The molecule has 3 aromatic heterocycles. The zero-order valence-corrected chi connectivity index (χ0v) is 20.1. The van der Waals surface area contributed by atoms with E-state index in [-0.39, 0.29) is 29.3 Å². The van der Waals surface area contributed by atoms with Crippen LogP contribution in [0.25, 0.3) is 22.6 Å². The Morgan fingerprint density at radius 3 is 2.77 bits per heavy atom. The minimum atomic E-state index is -0.226. The van der Waals surface area contributed by atoms with Crippen LogP contribution in [0.15, 0.2) is 57.5 Å². The molecule has 0 aliphatic rings. The summed E-state index contributed by atoms with van der Waals surface area (Å²) >= 11 is 2.53. The second kappa shape index (κ2) is 10.7. The number of thioether (sulfide) groups is 1. The van der Waals surface area contributed by atoms with Gasteiger partial charge in [0.25, 0.3) is 0 Å². The number of benzene rings is 1. The van der Waals surface area contributed by atoms with Crippen LogP contribution in [-0.2, 0) is 4.79 Å².